The van der Waals surface area contributed by atoms with E-state index in [1.165, 1.54) is 4.90 Å². The Kier molecular flexibility index (Phi) is 2.71. The molecule has 3 atom stereocenters. The largest absolute Gasteiger partial charge is 0.377 e. The molecule has 2 amide bonds. The minimum absolute atomic E-state index is 0.0794. The van der Waals surface area contributed by atoms with Crippen LogP contribution in [0.1, 0.15) is 12.0 Å². The van der Waals surface area contributed by atoms with Crippen LogP contribution in [0.25, 0.3) is 5.57 Å². The number of imide groups is 1. The fraction of sp³-hybridized carbons (Fsp3) is 0.200. The highest BCUT2D eigenvalue weighted by Crippen LogP contribution is 2.48. The van der Waals surface area contributed by atoms with Gasteiger partial charge in [0.25, 0.3) is 0 Å². The number of carbonyl (C=O) groups excluding carboxylic acids is 2. The Morgan fingerprint density at radius 2 is 1.67 bits per heavy atom. The van der Waals surface area contributed by atoms with Crippen molar-refractivity contribution in [3.63, 3.8) is 0 Å². The van der Waals surface area contributed by atoms with E-state index in [0.29, 0.717) is 12.1 Å². The zero-order chi connectivity index (χ0) is 16.3. The number of nitrogens with one attached hydrogen (secondary N) is 1. The molecule has 1 aliphatic carbocycles. The summed E-state index contributed by atoms with van der Waals surface area (Å²) in [6, 6.07) is 17.2. The van der Waals surface area contributed by atoms with Gasteiger partial charge in [0.05, 0.1) is 23.6 Å². The predicted octanol–water partition coefficient (Wildman–Crippen LogP) is 3.07. The SMILES string of the molecule is O=C1[C@H]2[C@H](CC=C3c4ccccc4N[C@H]32)C(=O)N1c1ccccc1. The Morgan fingerprint density at radius 3 is 2.50 bits per heavy atom. The number of rotatable bonds is 1. The first kappa shape index (κ1) is 13.5. The summed E-state index contributed by atoms with van der Waals surface area (Å²) in [4.78, 5) is 27.3. The molecule has 0 spiro atoms. The van der Waals surface area contributed by atoms with Gasteiger partial charge in [-0.25, -0.2) is 4.90 Å². The third-order valence-corrected chi connectivity index (χ3v) is 5.33. The molecule has 2 heterocycles. The second kappa shape index (κ2) is 4.81. The molecule has 3 aliphatic rings. The summed E-state index contributed by atoms with van der Waals surface area (Å²) in [7, 11) is 0. The standard InChI is InChI=1S/C20H16N2O2/c23-19-15-11-10-14-13-8-4-5-9-16(13)21-18(14)17(15)20(24)22(19)12-6-2-1-3-7-12/h1-10,15,17-18,21H,11H2/t15-,17-,18+/m0/s1. The summed E-state index contributed by atoms with van der Waals surface area (Å²) < 4.78 is 0. The number of nitrogens with zero attached hydrogens (tertiary/aromatic N) is 1. The first-order chi connectivity index (χ1) is 11.8. The van der Waals surface area contributed by atoms with Gasteiger partial charge in [0, 0.05) is 11.3 Å². The lowest BCUT2D eigenvalue weighted by Gasteiger charge is -2.27. The summed E-state index contributed by atoms with van der Waals surface area (Å²) in [5.74, 6) is -0.769. The number of hydrogen-bond acceptors (Lipinski definition) is 3. The first-order valence-corrected chi connectivity index (χ1v) is 8.24. The van der Waals surface area contributed by atoms with Crippen molar-refractivity contribution in [1.82, 2.24) is 0 Å². The molecule has 2 aromatic rings. The lowest BCUT2D eigenvalue weighted by atomic mass is 9.77. The Labute approximate surface area is 139 Å². The van der Waals surface area contributed by atoms with Gasteiger partial charge < -0.3 is 5.32 Å². The Hall–Kier alpha value is -2.88. The van der Waals surface area contributed by atoms with Gasteiger partial charge >= 0.3 is 0 Å². The van der Waals surface area contributed by atoms with Crippen LogP contribution >= 0.6 is 0 Å². The van der Waals surface area contributed by atoms with E-state index in [2.05, 4.69) is 17.5 Å². The highest BCUT2D eigenvalue weighted by atomic mass is 16.2. The van der Waals surface area contributed by atoms with Crippen molar-refractivity contribution in [2.24, 2.45) is 11.8 Å². The van der Waals surface area contributed by atoms with Gasteiger partial charge in [0.2, 0.25) is 11.8 Å². The van der Waals surface area contributed by atoms with Crippen LogP contribution in [0.2, 0.25) is 0 Å². The van der Waals surface area contributed by atoms with E-state index in [1.54, 1.807) is 0 Å². The second-order valence-electron chi connectivity index (χ2n) is 6.54. The summed E-state index contributed by atoms with van der Waals surface area (Å²) >= 11 is 0. The second-order valence-corrected chi connectivity index (χ2v) is 6.54. The molecule has 2 aromatic carbocycles. The highest BCUT2D eigenvalue weighted by Gasteiger charge is 2.54. The molecule has 0 aromatic heterocycles. The zero-order valence-electron chi connectivity index (χ0n) is 13.0. The molecule has 118 valence electrons. The average molecular weight is 316 g/mol. The molecule has 0 radical (unpaired) electrons. The van der Waals surface area contributed by atoms with E-state index < -0.39 is 0 Å². The Balaban J connectivity index is 1.56. The van der Waals surface area contributed by atoms with Crippen molar-refractivity contribution < 1.29 is 9.59 Å². The van der Waals surface area contributed by atoms with Crippen molar-refractivity contribution in [3.8, 4) is 0 Å². The number of anilines is 2. The van der Waals surface area contributed by atoms with Crippen LogP contribution in [0.3, 0.4) is 0 Å². The predicted molar refractivity (Wildman–Crippen MR) is 92.4 cm³/mol. The third-order valence-electron chi connectivity index (χ3n) is 5.33. The zero-order valence-corrected chi connectivity index (χ0v) is 13.0. The van der Waals surface area contributed by atoms with Crippen molar-refractivity contribution in [2.75, 3.05) is 10.2 Å². The van der Waals surface area contributed by atoms with Gasteiger partial charge in [-0.1, -0.05) is 42.5 Å². The average Bonchev–Trinajstić information content (AvgIpc) is 3.11. The fourth-order valence-electron chi connectivity index (χ4n) is 4.25. The molecule has 5 rings (SSSR count). The monoisotopic (exact) mass is 316 g/mol. The van der Waals surface area contributed by atoms with E-state index >= 15 is 0 Å². The van der Waals surface area contributed by atoms with Gasteiger partial charge in [-0.2, -0.15) is 0 Å². The number of hydrogen-bond donors (Lipinski definition) is 1. The number of carbonyl (C=O) groups is 2. The Morgan fingerprint density at radius 1 is 0.917 bits per heavy atom. The van der Waals surface area contributed by atoms with Gasteiger partial charge in [-0.3, -0.25) is 9.59 Å². The summed E-state index contributed by atoms with van der Waals surface area (Å²) in [5.41, 5.74) is 4.02. The number of fused-ring (bicyclic) bond motifs is 5. The van der Waals surface area contributed by atoms with Crippen LogP contribution in [0, 0.1) is 11.8 Å². The molecule has 1 fully saturated rings. The number of para-hydroxylation sites is 2. The van der Waals surface area contributed by atoms with Crippen LogP contribution in [-0.4, -0.2) is 17.9 Å². The van der Waals surface area contributed by atoms with Crippen LogP contribution in [0.5, 0.6) is 0 Å². The van der Waals surface area contributed by atoms with E-state index in [0.717, 1.165) is 16.8 Å². The lowest BCUT2D eigenvalue weighted by Crippen LogP contribution is -2.38. The molecule has 2 aliphatic heterocycles. The van der Waals surface area contributed by atoms with Crippen LogP contribution in [-0.2, 0) is 9.59 Å². The quantitative estimate of drug-likeness (QED) is 0.823. The number of amides is 2. The minimum Gasteiger partial charge on any atom is -0.377 e. The molecule has 1 saturated heterocycles. The highest BCUT2D eigenvalue weighted by molar-refractivity contribution is 6.23. The molecule has 0 saturated carbocycles. The van der Waals surface area contributed by atoms with Crippen molar-refractivity contribution in [1.29, 1.82) is 0 Å². The van der Waals surface area contributed by atoms with Crippen molar-refractivity contribution >= 4 is 28.8 Å². The van der Waals surface area contributed by atoms with Gasteiger partial charge in [-0.05, 0) is 30.2 Å². The minimum atomic E-state index is -0.329. The van der Waals surface area contributed by atoms with Crippen LogP contribution in [0.4, 0.5) is 11.4 Å². The summed E-state index contributed by atoms with van der Waals surface area (Å²) in [5, 5.41) is 3.46. The van der Waals surface area contributed by atoms with Crippen LogP contribution in [0.15, 0.2) is 60.7 Å². The van der Waals surface area contributed by atoms with E-state index in [4.69, 9.17) is 0 Å². The summed E-state index contributed by atoms with van der Waals surface area (Å²) in [6.07, 6.45) is 2.75. The van der Waals surface area contributed by atoms with E-state index in [1.807, 2.05) is 48.5 Å². The molecule has 4 heteroatoms. The molecule has 1 N–H and O–H groups in total. The third kappa shape index (κ3) is 1.68. The van der Waals surface area contributed by atoms with E-state index in [9.17, 15) is 9.59 Å². The molecular weight excluding hydrogens is 300 g/mol. The topological polar surface area (TPSA) is 49.4 Å². The fourth-order valence-corrected chi connectivity index (χ4v) is 4.25. The number of benzene rings is 2. The molecular formula is C20H16N2O2. The maximum atomic E-state index is 13.1. The van der Waals surface area contributed by atoms with Gasteiger partial charge in [0.15, 0.2) is 0 Å². The molecule has 0 bridgehead atoms. The van der Waals surface area contributed by atoms with Gasteiger partial charge in [-0.15, -0.1) is 0 Å². The molecule has 4 nitrogen and oxygen atoms in total. The van der Waals surface area contributed by atoms with Gasteiger partial charge in [0.1, 0.15) is 0 Å². The maximum Gasteiger partial charge on any atom is 0.240 e. The summed E-state index contributed by atoms with van der Waals surface area (Å²) in [6.45, 7) is 0. The normalized spacial score (nSPS) is 27.2. The molecule has 0 unspecified atom stereocenters. The smallest absolute Gasteiger partial charge is 0.240 e. The first-order valence-electron chi connectivity index (χ1n) is 8.24. The maximum absolute atomic E-state index is 13.1. The number of allylic oxidation sites excluding steroid dienone is 1. The molecule has 24 heavy (non-hydrogen) atoms. The van der Waals surface area contributed by atoms with Crippen LogP contribution < -0.4 is 10.2 Å². The lowest BCUT2D eigenvalue weighted by molar-refractivity contribution is -0.122. The van der Waals surface area contributed by atoms with Crippen molar-refractivity contribution in [3.05, 3.63) is 66.2 Å². The van der Waals surface area contributed by atoms with E-state index in [-0.39, 0.29) is 29.7 Å². The van der Waals surface area contributed by atoms with Crippen molar-refractivity contribution in [2.45, 2.75) is 12.5 Å². The Bertz CT molecular complexity index is 888.